The molecule has 1 aromatic rings. The Bertz CT molecular complexity index is 452. The van der Waals surface area contributed by atoms with Crippen LogP contribution >= 0.6 is 22.9 Å². The minimum Gasteiger partial charge on any atom is -0.336 e. The maximum atomic E-state index is 12.6. The van der Waals surface area contributed by atoms with E-state index in [2.05, 4.69) is 5.32 Å². The van der Waals surface area contributed by atoms with Gasteiger partial charge in [-0.1, -0.05) is 11.6 Å². The van der Waals surface area contributed by atoms with Crippen LogP contribution in [0.25, 0.3) is 0 Å². The van der Waals surface area contributed by atoms with E-state index in [1.54, 1.807) is 0 Å². The summed E-state index contributed by atoms with van der Waals surface area (Å²) in [4.78, 5) is 15.4. The zero-order valence-electron chi connectivity index (χ0n) is 10.9. The minimum absolute atomic E-state index is 0.150. The van der Waals surface area contributed by atoms with E-state index in [0.29, 0.717) is 10.4 Å². The topological polar surface area (TPSA) is 32.3 Å². The van der Waals surface area contributed by atoms with E-state index < -0.39 is 0 Å². The van der Waals surface area contributed by atoms with Gasteiger partial charge in [-0.05, 0) is 50.3 Å². The van der Waals surface area contributed by atoms with Gasteiger partial charge in [-0.2, -0.15) is 0 Å². The van der Waals surface area contributed by atoms with E-state index in [4.69, 9.17) is 11.6 Å². The highest BCUT2D eigenvalue weighted by atomic mass is 35.5. The lowest BCUT2D eigenvalue weighted by Gasteiger charge is -2.25. The zero-order valence-corrected chi connectivity index (χ0v) is 12.5. The lowest BCUT2D eigenvalue weighted by molar-refractivity contribution is 0.0738. The summed E-state index contributed by atoms with van der Waals surface area (Å²) < 4.78 is 0.689. The van der Waals surface area contributed by atoms with E-state index in [9.17, 15) is 4.79 Å². The van der Waals surface area contributed by atoms with Gasteiger partial charge < -0.3 is 10.2 Å². The normalized spacial score (nSPS) is 22.7. The quantitative estimate of drug-likeness (QED) is 0.906. The first-order valence-corrected chi connectivity index (χ1v) is 8.20. The standard InChI is InChI=1S/C14H19ClN2OS/c15-13-6-5-12(19-13)14(18)17(8-10-3-4-10)9-11-2-1-7-16-11/h5-6,10-11,16H,1-4,7-9H2. The number of nitrogens with zero attached hydrogens (tertiary/aromatic N) is 1. The van der Waals surface area contributed by atoms with Crippen LogP contribution in [0.15, 0.2) is 12.1 Å². The van der Waals surface area contributed by atoms with Crippen molar-refractivity contribution in [3.05, 3.63) is 21.3 Å². The van der Waals surface area contributed by atoms with E-state index in [0.717, 1.165) is 30.4 Å². The molecule has 104 valence electrons. The van der Waals surface area contributed by atoms with Gasteiger partial charge in [0.25, 0.3) is 5.91 Å². The molecule has 1 saturated heterocycles. The van der Waals surface area contributed by atoms with Crippen molar-refractivity contribution in [1.82, 2.24) is 10.2 Å². The molecule has 1 aromatic heterocycles. The molecule has 3 rings (SSSR count). The molecule has 1 amide bonds. The lowest BCUT2D eigenvalue weighted by Crippen LogP contribution is -2.41. The first-order valence-electron chi connectivity index (χ1n) is 7.00. The van der Waals surface area contributed by atoms with Crippen LogP contribution in [0.5, 0.6) is 0 Å². The molecule has 1 aliphatic carbocycles. The second kappa shape index (κ2) is 5.81. The van der Waals surface area contributed by atoms with Gasteiger partial charge in [0.15, 0.2) is 0 Å². The number of carbonyl (C=O) groups excluding carboxylic acids is 1. The molecule has 5 heteroatoms. The van der Waals surface area contributed by atoms with Crippen molar-refractivity contribution >= 4 is 28.8 Å². The Balaban J connectivity index is 1.67. The van der Waals surface area contributed by atoms with Crippen LogP contribution in [0.4, 0.5) is 0 Å². The average Bonchev–Trinajstić information content (AvgIpc) is 2.89. The van der Waals surface area contributed by atoms with E-state index in [-0.39, 0.29) is 5.91 Å². The van der Waals surface area contributed by atoms with Crippen molar-refractivity contribution in [2.45, 2.75) is 31.7 Å². The van der Waals surface area contributed by atoms with Gasteiger partial charge in [-0.3, -0.25) is 4.79 Å². The first kappa shape index (κ1) is 13.4. The van der Waals surface area contributed by atoms with Gasteiger partial charge in [0.2, 0.25) is 0 Å². The van der Waals surface area contributed by atoms with Crippen molar-refractivity contribution in [3.8, 4) is 0 Å². The van der Waals surface area contributed by atoms with Crippen LogP contribution in [-0.2, 0) is 0 Å². The van der Waals surface area contributed by atoms with Gasteiger partial charge in [-0.15, -0.1) is 11.3 Å². The van der Waals surface area contributed by atoms with Crippen molar-refractivity contribution < 1.29 is 4.79 Å². The number of hydrogen-bond donors (Lipinski definition) is 1. The monoisotopic (exact) mass is 298 g/mol. The second-order valence-electron chi connectivity index (χ2n) is 5.55. The van der Waals surface area contributed by atoms with Gasteiger partial charge >= 0.3 is 0 Å². The summed E-state index contributed by atoms with van der Waals surface area (Å²) in [5, 5.41) is 3.48. The molecule has 1 atom stereocenters. The first-order chi connectivity index (χ1) is 9.22. The average molecular weight is 299 g/mol. The van der Waals surface area contributed by atoms with Gasteiger partial charge in [0.05, 0.1) is 9.21 Å². The zero-order chi connectivity index (χ0) is 13.2. The van der Waals surface area contributed by atoms with Crippen LogP contribution in [0.2, 0.25) is 4.34 Å². The van der Waals surface area contributed by atoms with E-state index in [1.165, 1.54) is 37.0 Å². The third kappa shape index (κ3) is 3.50. The van der Waals surface area contributed by atoms with Crippen molar-refractivity contribution in [2.75, 3.05) is 19.6 Å². The summed E-state index contributed by atoms with van der Waals surface area (Å²) in [5.41, 5.74) is 0. The van der Waals surface area contributed by atoms with E-state index >= 15 is 0 Å². The highest BCUT2D eigenvalue weighted by Crippen LogP contribution is 2.31. The van der Waals surface area contributed by atoms with Crippen LogP contribution in [0.1, 0.15) is 35.4 Å². The Morgan fingerprint density at radius 2 is 2.21 bits per heavy atom. The molecule has 2 heterocycles. The number of hydrogen-bond acceptors (Lipinski definition) is 3. The summed E-state index contributed by atoms with van der Waals surface area (Å²) >= 11 is 7.32. The van der Waals surface area contributed by atoms with Crippen molar-refractivity contribution in [2.24, 2.45) is 5.92 Å². The molecule has 1 N–H and O–H groups in total. The predicted octanol–water partition coefficient (Wildman–Crippen LogP) is 3.01. The molecule has 19 heavy (non-hydrogen) atoms. The fraction of sp³-hybridized carbons (Fsp3) is 0.643. The SMILES string of the molecule is O=C(c1ccc(Cl)s1)N(CC1CC1)CC1CCCN1. The van der Waals surface area contributed by atoms with Crippen LogP contribution < -0.4 is 5.32 Å². The number of amides is 1. The predicted molar refractivity (Wildman–Crippen MR) is 79.0 cm³/mol. The lowest BCUT2D eigenvalue weighted by atomic mass is 10.2. The fourth-order valence-electron chi connectivity index (χ4n) is 2.62. The number of thiophene rings is 1. The van der Waals surface area contributed by atoms with Crippen LogP contribution in [0.3, 0.4) is 0 Å². The third-order valence-electron chi connectivity index (χ3n) is 3.85. The third-order valence-corrected chi connectivity index (χ3v) is 5.07. The molecule has 3 nitrogen and oxygen atoms in total. The highest BCUT2D eigenvalue weighted by molar-refractivity contribution is 7.17. The molecule has 1 unspecified atom stereocenters. The maximum Gasteiger partial charge on any atom is 0.264 e. The van der Waals surface area contributed by atoms with Crippen LogP contribution in [-0.4, -0.2) is 36.5 Å². The Morgan fingerprint density at radius 3 is 2.79 bits per heavy atom. The van der Waals surface area contributed by atoms with Crippen LogP contribution in [0, 0.1) is 5.92 Å². The Hall–Kier alpha value is -0.580. The number of rotatable bonds is 5. The minimum atomic E-state index is 0.150. The maximum absolute atomic E-state index is 12.6. The fourth-order valence-corrected chi connectivity index (χ4v) is 3.63. The van der Waals surface area contributed by atoms with Gasteiger partial charge in [0, 0.05) is 19.1 Å². The number of nitrogens with one attached hydrogen (secondary N) is 1. The molecule has 2 fully saturated rings. The highest BCUT2D eigenvalue weighted by Gasteiger charge is 2.29. The molecular weight excluding hydrogens is 280 g/mol. The molecule has 1 aliphatic heterocycles. The number of halogens is 1. The van der Waals surface area contributed by atoms with Crippen molar-refractivity contribution in [3.63, 3.8) is 0 Å². The molecule has 2 aliphatic rings. The molecule has 0 bridgehead atoms. The summed E-state index contributed by atoms with van der Waals surface area (Å²) in [6, 6.07) is 4.12. The summed E-state index contributed by atoms with van der Waals surface area (Å²) in [6.45, 7) is 2.83. The smallest absolute Gasteiger partial charge is 0.264 e. The summed E-state index contributed by atoms with van der Waals surface area (Å²) in [6.07, 6.45) is 4.95. The Kier molecular flexibility index (Phi) is 4.10. The summed E-state index contributed by atoms with van der Waals surface area (Å²) in [5.74, 6) is 0.873. The van der Waals surface area contributed by atoms with Crippen molar-refractivity contribution in [1.29, 1.82) is 0 Å². The molecule has 0 spiro atoms. The molecule has 0 aromatic carbocycles. The molecule has 0 radical (unpaired) electrons. The van der Waals surface area contributed by atoms with Gasteiger partial charge in [0.1, 0.15) is 0 Å². The Labute approximate surface area is 122 Å². The van der Waals surface area contributed by atoms with E-state index in [1.807, 2.05) is 17.0 Å². The molecular formula is C14H19ClN2OS. The molecule has 1 saturated carbocycles. The second-order valence-corrected chi connectivity index (χ2v) is 7.27. The van der Waals surface area contributed by atoms with Gasteiger partial charge in [-0.25, -0.2) is 0 Å². The largest absolute Gasteiger partial charge is 0.336 e. The number of carbonyl (C=O) groups is 1. The summed E-state index contributed by atoms with van der Waals surface area (Å²) in [7, 11) is 0. The Morgan fingerprint density at radius 1 is 1.37 bits per heavy atom.